The highest BCUT2D eigenvalue weighted by Crippen LogP contribution is 2.52. The third-order valence-corrected chi connectivity index (χ3v) is 4.77. The third-order valence-electron chi connectivity index (χ3n) is 4.77. The Morgan fingerprint density at radius 2 is 2.05 bits per heavy atom. The van der Waals surface area contributed by atoms with Gasteiger partial charge >= 0.3 is 6.18 Å². The Kier molecular flexibility index (Phi) is 3.57. The molecule has 120 valence electrons. The fourth-order valence-corrected chi connectivity index (χ4v) is 3.89. The lowest BCUT2D eigenvalue weighted by Gasteiger charge is -2.58. The molecule has 1 aliphatic heterocycles. The summed E-state index contributed by atoms with van der Waals surface area (Å²) in [6.45, 7) is 1.65. The summed E-state index contributed by atoms with van der Waals surface area (Å²) in [4.78, 5) is 12.4. The van der Waals surface area contributed by atoms with Gasteiger partial charge in [-0.2, -0.15) is 13.2 Å². The molecule has 3 rings (SSSR count). The Morgan fingerprint density at radius 3 is 2.59 bits per heavy atom. The zero-order valence-electron chi connectivity index (χ0n) is 12.3. The summed E-state index contributed by atoms with van der Waals surface area (Å²) in [7, 11) is 1.26. The van der Waals surface area contributed by atoms with Crippen LogP contribution in [0.15, 0.2) is 18.2 Å². The number of alkyl halides is 3. The maximum atomic E-state index is 12.8. The Morgan fingerprint density at radius 1 is 1.36 bits per heavy atom. The first-order chi connectivity index (χ1) is 10.3. The summed E-state index contributed by atoms with van der Waals surface area (Å²) < 4.78 is 43.3. The van der Waals surface area contributed by atoms with Crippen LogP contribution in [0.2, 0.25) is 0 Å². The van der Waals surface area contributed by atoms with Gasteiger partial charge in [-0.15, -0.1) is 0 Å². The molecule has 22 heavy (non-hydrogen) atoms. The zero-order valence-corrected chi connectivity index (χ0v) is 12.3. The normalized spacial score (nSPS) is 20.5. The van der Waals surface area contributed by atoms with Crippen molar-refractivity contribution in [3.8, 4) is 5.75 Å². The molecule has 1 saturated carbocycles. The molecule has 1 spiro atoms. The van der Waals surface area contributed by atoms with Crippen LogP contribution < -0.4 is 4.74 Å². The van der Waals surface area contributed by atoms with Crippen LogP contribution in [0.1, 0.15) is 24.0 Å². The molecule has 0 N–H and O–H groups in total. The molecule has 0 unspecified atom stereocenters. The van der Waals surface area contributed by atoms with Crippen LogP contribution in [0.25, 0.3) is 0 Å². The van der Waals surface area contributed by atoms with Gasteiger partial charge in [0, 0.05) is 18.5 Å². The van der Waals surface area contributed by atoms with Crippen molar-refractivity contribution in [2.75, 3.05) is 20.2 Å². The molecule has 0 radical (unpaired) electrons. The molecule has 2 aliphatic rings. The monoisotopic (exact) mass is 313 g/mol. The van der Waals surface area contributed by atoms with Crippen molar-refractivity contribution in [2.45, 2.75) is 25.4 Å². The first-order valence-corrected chi connectivity index (χ1v) is 7.29. The molecule has 1 aromatic carbocycles. The van der Waals surface area contributed by atoms with Crippen LogP contribution >= 0.6 is 0 Å². The molecule has 3 nitrogen and oxygen atoms in total. The van der Waals surface area contributed by atoms with Crippen LogP contribution in [-0.2, 0) is 17.4 Å². The van der Waals surface area contributed by atoms with E-state index in [2.05, 4.69) is 0 Å². The molecule has 0 bridgehead atoms. The van der Waals surface area contributed by atoms with Gasteiger partial charge in [0.05, 0.1) is 12.7 Å². The quantitative estimate of drug-likeness (QED) is 0.799. The molecule has 6 heteroatoms. The van der Waals surface area contributed by atoms with Gasteiger partial charge in [0.25, 0.3) is 0 Å². The summed E-state index contributed by atoms with van der Waals surface area (Å²) in [6, 6.07) is 4.13. The number of carbonyl (C=O) groups is 1. The fourth-order valence-electron chi connectivity index (χ4n) is 3.89. The van der Waals surface area contributed by atoms with Crippen molar-refractivity contribution in [3.05, 3.63) is 29.3 Å². The molecule has 1 heterocycles. The number of amides is 1. The average molecular weight is 313 g/mol. The number of methoxy groups -OCH3 is 1. The van der Waals surface area contributed by atoms with E-state index in [-0.39, 0.29) is 11.2 Å². The Bertz CT molecular complexity index is 571. The first-order valence-electron chi connectivity index (χ1n) is 7.29. The van der Waals surface area contributed by atoms with Gasteiger partial charge in [0.2, 0.25) is 6.41 Å². The van der Waals surface area contributed by atoms with E-state index in [0.29, 0.717) is 5.92 Å². The Hall–Kier alpha value is -1.72. The van der Waals surface area contributed by atoms with Crippen LogP contribution in [-0.4, -0.2) is 31.5 Å². The predicted molar refractivity (Wildman–Crippen MR) is 74.5 cm³/mol. The maximum absolute atomic E-state index is 12.8. The highest BCUT2D eigenvalue weighted by atomic mass is 19.4. The highest BCUT2D eigenvalue weighted by Gasteiger charge is 2.51. The van der Waals surface area contributed by atoms with Gasteiger partial charge in [-0.3, -0.25) is 4.79 Å². The smallest absolute Gasteiger partial charge is 0.419 e. The van der Waals surface area contributed by atoms with Gasteiger partial charge in [-0.05, 0) is 42.9 Å². The molecule has 1 amide bonds. The number of hydrogen-bond acceptors (Lipinski definition) is 2. The second-order valence-electron chi connectivity index (χ2n) is 6.52. The molecular weight excluding hydrogens is 295 g/mol. The number of benzene rings is 1. The van der Waals surface area contributed by atoms with Crippen LogP contribution in [0, 0.1) is 11.3 Å². The van der Waals surface area contributed by atoms with Crippen molar-refractivity contribution in [1.29, 1.82) is 0 Å². The third kappa shape index (κ3) is 2.66. The zero-order chi connectivity index (χ0) is 16.0. The minimum atomic E-state index is -4.39. The van der Waals surface area contributed by atoms with Crippen molar-refractivity contribution in [2.24, 2.45) is 11.3 Å². The van der Waals surface area contributed by atoms with Gasteiger partial charge < -0.3 is 9.64 Å². The van der Waals surface area contributed by atoms with Gasteiger partial charge in [-0.25, -0.2) is 0 Å². The largest absolute Gasteiger partial charge is 0.496 e. The molecule has 0 atom stereocenters. The van der Waals surface area contributed by atoms with E-state index in [1.807, 2.05) is 0 Å². The number of rotatable bonds is 4. The van der Waals surface area contributed by atoms with Crippen molar-refractivity contribution in [1.82, 2.24) is 4.90 Å². The summed E-state index contributed by atoms with van der Waals surface area (Å²) in [6.07, 6.45) is -0.674. The number of ether oxygens (including phenoxy) is 1. The van der Waals surface area contributed by atoms with Crippen molar-refractivity contribution in [3.63, 3.8) is 0 Å². The summed E-state index contributed by atoms with van der Waals surface area (Å²) in [5.74, 6) is 0.366. The SMILES string of the molecule is COc1cc(CC2CC3(C2)CN(C=O)C3)ccc1C(F)(F)F. The minimum absolute atomic E-state index is 0.116. The Balaban J connectivity index is 1.62. The van der Waals surface area contributed by atoms with Crippen molar-refractivity contribution < 1.29 is 22.7 Å². The number of likely N-dealkylation sites (tertiary alicyclic amines) is 1. The van der Waals surface area contributed by atoms with E-state index < -0.39 is 11.7 Å². The van der Waals surface area contributed by atoms with Crippen LogP contribution in [0.5, 0.6) is 5.75 Å². The number of carbonyl (C=O) groups excluding carboxylic acids is 1. The highest BCUT2D eigenvalue weighted by molar-refractivity contribution is 5.49. The second kappa shape index (κ2) is 5.18. The van der Waals surface area contributed by atoms with E-state index in [9.17, 15) is 18.0 Å². The number of hydrogen-bond donors (Lipinski definition) is 0. The van der Waals surface area contributed by atoms with E-state index in [0.717, 1.165) is 50.4 Å². The topological polar surface area (TPSA) is 29.5 Å². The number of nitrogens with zero attached hydrogens (tertiary/aromatic N) is 1. The summed E-state index contributed by atoms with van der Waals surface area (Å²) in [5, 5.41) is 0. The van der Waals surface area contributed by atoms with E-state index in [4.69, 9.17) is 4.74 Å². The first kappa shape index (κ1) is 15.2. The summed E-state index contributed by atoms with van der Waals surface area (Å²) in [5.41, 5.74) is 0.419. The maximum Gasteiger partial charge on any atom is 0.419 e. The predicted octanol–water partition coefficient (Wildman–Crippen LogP) is 3.12. The molecule has 0 aromatic heterocycles. The second-order valence-corrected chi connectivity index (χ2v) is 6.52. The summed E-state index contributed by atoms with van der Waals surface area (Å²) >= 11 is 0. The Labute approximate surface area is 127 Å². The molecule has 1 saturated heterocycles. The molecule has 1 aromatic rings. The van der Waals surface area contributed by atoms with Gasteiger partial charge in [0.15, 0.2) is 0 Å². The minimum Gasteiger partial charge on any atom is -0.496 e. The lowest BCUT2D eigenvalue weighted by atomic mass is 9.56. The fraction of sp³-hybridized carbons (Fsp3) is 0.562. The average Bonchev–Trinajstić information content (AvgIpc) is 2.38. The van der Waals surface area contributed by atoms with Gasteiger partial charge in [-0.1, -0.05) is 6.07 Å². The lowest BCUT2D eigenvalue weighted by Crippen LogP contribution is -2.61. The van der Waals surface area contributed by atoms with Crippen LogP contribution in [0.3, 0.4) is 0 Å². The van der Waals surface area contributed by atoms with Crippen LogP contribution in [0.4, 0.5) is 13.2 Å². The van der Waals surface area contributed by atoms with Gasteiger partial charge in [0.1, 0.15) is 5.75 Å². The molecular formula is C16H18F3NO2. The van der Waals surface area contributed by atoms with Crippen molar-refractivity contribution >= 4 is 6.41 Å². The van der Waals surface area contributed by atoms with E-state index in [1.54, 1.807) is 4.90 Å². The lowest BCUT2D eigenvalue weighted by molar-refractivity contribution is -0.141. The van der Waals surface area contributed by atoms with E-state index in [1.165, 1.54) is 19.2 Å². The molecule has 1 aliphatic carbocycles. The molecule has 2 fully saturated rings. The standard InChI is InChI=1S/C16H18F3NO2/c1-22-14-5-11(2-3-13(14)16(17,18)19)4-12-6-15(7-12)8-20(9-15)10-21/h2-3,5,10,12H,4,6-9H2,1H3. The number of halogens is 3. The van der Waals surface area contributed by atoms with E-state index >= 15 is 0 Å².